The van der Waals surface area contributed by atoms with Crippen LogP contribution in [0, 0.1) is 11.3 Å². The van der Waals surface area contributed by atoms with E-state index in [-0.39, 0.29) is 17.9 Å². The van der Waals surface area contributed by atoms with E-state index in [1.807, 2.05) is 6.92 Å². The van der Waals surface area contributed by atoms with Gasteiger partial charge in [0.15, 0.2) is 0 Å². The van der Waals surface area contributed by atoms with Gasteiger partial charge in [-0.3, -0.25) is 4.79 Å². The number of nitrogens with one attached hydrogen (secondary N) is 1. The molecule has 0 bridgehead atoms. The zero-order chi connectivity index (χ0) is 11.6. The first-order chi connectivity index (χ1) is 7.65. The number of halogens is 1. The van der Waals surface area contributed by atoms with Crippen LogP contribution in [0.4, 0.5) is 0 Å². The average Bonchev–Trinajstić information content (AvgIpc) is 2.89. The van der Waals surface area contributed by atoms with Crippen molar-refractivity contribution in [3.8, 4) is 0 Å². The largest absolute Gasteiger partial charge is 0.378 e. The van der Waals surface area contributed by atoms with Crippen LogP contribution in [0.5, 0.6) is 0 Å². The number of rotatable bonds is 5. The third-order valence-corrected chi connectivity index (χ3v) is 4.19. The van der Waals surface area contributed by atoms with Crippen molar-refractivity contribution in [2.24, 2.45) is 11.3 Å². The summed E-state index contributed by atoms with van der Waals surface area (Å²) < 4.78 is 5.41. The molecular weight excluding hydrogens is 270 g/mol. The van der Waals surface area contributed by atoms with E-state index >= 15 is 0 Å². The van der Waals surface area contributed by atoms with E-state index in [0.29, 0.717) is 12.0 Å². The van der Waals surface area contributed by atoms with Crippen LogP contribution in [-0.2, 0) is 9.53 Å². The second-order valence-corrected chi connectivity index (χ2v) is 6.03. The zero-order valence-corrected chi connectivity index (χ0v) is 11.4. The lowest BCUT2D eigenvalue weighted by Crippen LogP contribution is -2.35. The molecule has 1 amide bonds. The predicted octanol–water partition coefficient (Wildman–Crippen LogP) is 2.09. The van der Waals surface area contributed by atoms with E-state index < -0.39 is 0 Å². The molecule has 1 aliphatic carbocycles. The first kappa shape index (κ1) is 12.4. The van der Waals surface area contributed by atoms with Gasteiger partial charge in [-0.05, 0) is 38.0 Å². The summed E-state index contributed by atoms with van der Waals surface area (Å²) in [5.41, 5.74) is 0.407. The Balaban J connectivity index is 1.72. The Morgan fingerprint density at radius 3 is 2.81 bits per heavy atom. The van der Waals surface area contributed by atoms with E-state index in [1.54, 1.807) is 0 Å². The molecule has 16 heavy (non-hydrogen) atoms. The van der Waals surface area contributed by atoms with E-state index in [9.17, 15) is 4.79 Å². The van der Waals surface area contributed by atoms with Gasteiger partial charge in [-0.1, -0.05) is 15.9 Å². The van der Waals surface area contributed by atoms with Gasteiger partial charge in [-0.15, -0.1) is 0 Å². The fourth-order valence-corrected chi connectivity index (χ4v) is 3.15. The third-order valence-electron chi connectivity index (χ3n) is 3.79. The summed E-state index contributed by atoms with van der Waals surface area (Å²) in [4.78, 5) is 11.9. The van der Waals surface area contributed by atoms with Crippen molar-refractivity contribution in [1.29, 1.82) is 0 Å². The fourth-order valence-electron chi connectivity index (χ4n) is 2.31. The van der Waals surface area contributed by atoms with Crippen LogP contribution in [0.3, 0.4) is 0 Å². The predicted molar refractivity (Wildman–Crippen MR) is 66.6 cm³/mol. The number of carbonyl (C=O) groups excluding carboxylic acids is 1. The lowest BCUT2D eigenvalue weighted by molar-refractivity contribution is -0.125. The maximum absolute atomic E-state index is 11.9. The molecule has 1 heterocycles. The number of amides is 1. The minimum Gasteiger partial charge on any atom is -0.378 e. The Hall–Kier alpha value is -0.0900. The molecule has 1 saturated carbocycles. The molecule has 1 N–H and O–H groups in total. The Morgan fingerprint density at radius 2 is 2.31 bits per heavy atom. The highest BCUT2D eigenvalue weighted by Gasteiger charge is 2.42. The zero-order valence-electron chi connectivity index (χ0n) is 9.80. The van der Waals surface area contributed by atoms with Crippen LogP contribution in [0.1, 0.15) is 32.6 Å². The molecule has 0 aromatic carbocycles. The molecule has 4 heteroatoms. The van der Waals surface area contributed by atoms with Gasteiger partial charge in [0, 0.05) is 11.9 Å². The molecule has 1 aliphatic heterocycles. The van der Waals surface area contributed by atoms with Crippen LogP contribution in [-0.4, -0.2) is 30.5 Å². The standard InChI is InChI=1S/C12H20BrNO2/c1-9-6-10(7-16-9)11(15)14-8-12(2-3-12)4-5-13/h9-10H,2-8H2,1H3,(H,14,15). The number of carbonyl (C=O) groups is 1. The van der Waals surface area contributed by atoms with Crippen molar-refractivity contribution in [3.05, 3.63) is 0 Å². The molecule has 0 radical (unpaired) electrons. The summed E-state index contributed by atoms with van der Waals surface area (Å²) in [6.07, 6.45) is 4.81. The van der Waals surface area contributed by atoms with Gasteiger partial charge in [0.25, 0.3) is 0 Å². The van der Waals surface area contributed by atoms with Crippen LogP contribution in [0.2, 0.25) is 0 Å². The Kier molecular flexibility index (Phi) is 3.90. The van der Waals surface area contributed by atoms with Gasteiger partial charge >= 0.3 is 0 Å². The van der Waals surface area contributed by atoms with Crippen LogP contribution in [0.25, 0.3) is 0 Å². The first-order valence-corrected chi connectivity index (χ1v) is 7.23. The van der Waals surface area contributed by atoms with Crippen LogP contribution in [0.15, 0.2) is 0 Å². The quantitative estimate of drug-likeness (QED) is 0.787. The topological polar surface area (TPSA) is 38.3 Å². The van der Waals surface area contributed by atoms with Gasteiger partial charge < -0.3 is 10.1 Å². The maximum Gasteiger partial charge on any atom is 0.225 e. The number of ether oxygens (including phenoxy) is 1. The molecular formula is C12H20BrNO2. The second kappa shape index (κ2) is 5.05. The number of alkyl halides is 1. The maximum atomic E-state index is 11.9. The summed E-state index contributed by atoms with van der Waals surface area (Å²) >= 11 is 3.47. The van der Waals surface area contributed by atoms with Gasteiger partial charge in [-0.2, -0.15) is 0 Å². The van der Waals surface area contributed by atoms with Gasteiger partial charge in [0.05, 0.1) is 18.6 Å². The highest BCUT2D eigenvalue weighted by atomic mass is 79.9. The first-order valence-electron chi connectivity index (χ1n) is 6.10. The van der Waals surface area contributed by atoms with Crippen molar-refractivity contribution in [2.75, 3.05) is 18.5 Å². The Morgan fingerprint density at radius 1 is 1.56 bits per heavy atom. The molecule has 0 aromatic heterocycles. The fraction of sp³-hybridized carbons (Fsp3) is 0.917. The van der Waals surface area contributed by atoms with Crippen LogP contribution >= 0.6 is 15.9 Å². The molecule has 2 rings (SSSR count). The van der Waals surface area contributed by atoms with E-state index in [4.69, 9.17) is 4.74 Å². The van der Waals surface area contributed by atoms with E-state index in [1.165, 1.54) is 19.3 Å². The summed E-state index contributed by atoms with van der Waals surface area (Å²) in [6.45, 7) is 3.47. The number of hydrogen-bond donors (Lipinski definition) is 1. The van der Waals surface area contributed by atoms with E-state index in [2.05, 4.69) is 21.2 Å². The molecule has 3 nitrogen and oxygen atoms in total. The summed E-state index contributed by atoms with van der Waals surface area (Å²) in [6, 6.07) is 0. The van der Waals surface area contributed by atoms with Crippen molar-refractivity contribution in [1.82, 2.24) is 5.32 Å². The van der Waals surface area contributed by atoms with Crippen molar-refractivity contribution in [3.63, 3.8) is 0 Å². The van der Waals surface area contributed by atoms with Crippen molar-refractivity contribution >= 4 is 21.8 Å². The molecule has 1 saturated heterocycles. The van der Waals surface area contributed by atoms with Crippen LogP contribution < -0.4 is 5.32 Å². The molecule has 0 spiro atoms. The molecule has 2 fully saturated rings. The SMILES string of the molecule is CC1CC(C(=O)NCC2(CCBr)CC2)CO1. The smallest absolute Gasteiger partial charge is 0.225 e. The van der Waals surface area contributed by atoms with Gasteiger partial charge in [0.2, 0.25) is 5.91 Å². The molecule has 2 unspecified atom stereocenters. The Bertz CT molecular complexity index is 266. The minimum absolute atomic E-state index is 0.0785. The highest BCUT2D eigenvalue weighted by Crippen LogP contribution is 2.48. The molecule has 2 aliphatic rings. The van der Waals surface area contributed by atoms with Gasteiger partial charge in [-0.25, -0.2) is 0 Å². The summed E-state index contributed by atoms with van der Waals surface area (Å²) in [7, 11) is 0. The van der Waals surface area contributed by atoms with Crippen molar-refractivity contribution in [2.45, 2.75) is 38.7 Å². The minimum atomic E-state index is 0.0785. The monoisotopic (exact) mass is 289 g/mol. The molecule has 92 valence electrons. The molecule has 2 atom stereocenters. The normalized spacial score (nSPS) is 31.4. The third kappa shape index (κ3) is 2.98. The highest BCUT2D eigenvalue weighted by molar-refractivity contribution is 9.09. The lowest BCUT2D eigenvalue weighted by atomic mass is 10.0. The van der Waals surface area contributed by atoms with Gasteiger partial charge in [0.1, 0.15) is 0 Å². The second-order valence-electron chi connectivity index (χ2n) is 5.23. The van der Waals surface area contributed by atoms with E-state index in [0.717, 1.165) is 18.3 Å². The lowest BCUT2D eigenvalue weighted by Gasteiger charge is -2.16. The number of hydrogen-bond acceptors (Lipinski definition) is 2. The molecule has 0 aromatic rings. The average molecular weight is 290 g/mol. The van der Waals surface area contributed by atoms with Crippen molar-refractivity contribution < 1.29 is 9.53 Å². The summed E-state index contributed by atoms with van der Waals surface area (Å²) in [5.74, 6) is 0.264. The Labute approximate surface area is 105 Å². The summed E-state index contributed by atoms with van der Waals surface area (Å²) in [5, 5.41) is 4.13.